The number of thiophene rings is 1. The first-order valence-electron chi connectivity index (χ1n) is 6.82. The van der Waals surface area contributed by atoms with Crippen LogP contribution in [-0.2, 0) is 6.42 Å². The minimum atomic E-state index is 0.540. The second kappa shape index (κ2) is 5.53. The first-order valence-corrected chi connectivity index (χ1v) is 7.77. The van der Waals surface area contributed by atoms with E-state index in [0.29, 0.717) is 11.5 Å². The summed E-state index contributed by atoms with van der Waals surface area (Å²) in [7, 11) is 0. The molecule has 2 atom stereocenters. The molecule has 1 fully saturated rings. The minimum absolute atomic E-state index is 0.540. The predicted molar refractivity (Wildman–Crippen MR) is 76.7 cm³/mol. The lowest BCUT2D eigenvalue weighted by Gasteiger charge is -2.37. The lowest BCUT2D eigenvalue weighted by Crippen LogP contribution is -2.42. The molecule has 96 valence electrons. The summed E-state index contributed by atoms with van der Waals surface area (Å²) >= 11 is 1.80. The Bertz CT molecular complexity index is 329. The van der Waals surface area contributed by atoms with E-state index < -0.39 is 0 Å². The third kappa shape index (κ3) is 4.11. The van der Waals surface area contributed by atoms with Gasteiger partial charge in [-0.3, -0.25) is 0 Å². The fraction of sp³-hybridized carbons (Fsp3) is 0.733. The third-order valence-electron chi connectivity index (χ3n) is 3.85. The van der Waals surface area contributed by atoms with Crippen LogP contribution in [0.25, 0.3) is 0 Å². The Hall–Kier alpha value is -0.340. The number of nitrogens with one attached hydrogen (secondary N) is 1. The second-order valence-electron chi connectivity index (χ2n) is 6.36. The van der Waals surface area contributed by atoms with Crippen molar-refractivity contribution in [2.45, 2.75) is 65.0 Å². The van der Waals surface area contributed by atoms with Crippen molar-refractivity contribution >= 4 is 11.3 Å². The minimum Gasteiger partial charge on any atom is -0.311 e. The van der Waals surface area contributed by atoms with Gasteiger partial charge in [-0.2, -0.15) is 11.3 Å². The Morgan fingerprint density at radius 3 is 3.00 bits per heavy atom. The zero-order valence-corrected chi connectivity index (χ0v) is 12.1. The Morgan fingerprint density at radius 1 is 1.53 bits per heavy atom. The van der Waals surface area contributed by atoms with Crippen LogP contribution in [-0.4, -0.2) is 12.1 Å². The molecule has 17 heavy (non-hydrogen) atoms. The highest BCUT2D eigenvalue weighted by Gasteiger charge is 2.28. The molecule has 0 bridgehead atoms. The van der Waals surface area contributed by atoms with Gasteiger partial charge in [0.25, 0.3) is 0 Å². The van der Waals surface area contributed by atoms with E-state index in [-0.39, 0.29) is 0 Å². The lowest BCUT2D eigenvalue weighted by atomic mass is 9.75. The van der Waals surface area contributed by atoms with Gasteiger partial charge in [-0.05, 0) is 60.4 Å². The fourth-order valence-corrected chi connectivity index (χ4v) is 3.75. The van der Waals surface area contributed by atoms with Gasteiger partial charge in [0.2, 0.25) is 0 Å². The fourth-order valence-electron chi connectivity index (χ4n) is 3.06. The van der Waals surface area contributed by atoms with Crippen molar-refractivity contribution < 1.29 is 0 Å². The maximum absolute atomic E-state index is 3.82. The normalized spacial score (nSPS) is 25.7. The van der Waals surface area contributed by atoms with Crippen molar-refractivity contribution in [3.05, 3.63) is 22.4 Å². The summed E-state index contributed by atoms with van der Waals surface area (Å²) in [6, 6.07) is 3.57. The van der Waals surface area contributed by atoms with Crippen LogP contribution in [0, 0.1) is 5.41 Å². The highest BCUT2D eigenvalue weighted by molar-refractivity contribution is 7.07. The molecule has 2 rings (SSSR count). The van der Waals surface area contributed by atoms with Crippen LogP contribution >= 0.6 is 11.3 Å². The molecular formula is C15H25NS. The van der Waals surface area contributed by atoms with E-state index in [0.717, 1.165) is 6.04 Å². The van der Waals surface area contributed by atoms with E-state index in [1.165, 1.54) is 37.7 Å². The van der Waals surface area contributed by atoms with Gasteiger partial charge in [0, 0.05) is 12.1 Å². The Labute approximate surface area is 110 Å². The van der Waals surface area contributed by atoms with Crippen LogP contribution in [0.3, 0.4) is 0 Å². The first kappa shape index (κ1) is 13.1. The van der Waals surface area contributed by atoms with Crippen molar-refractivity contribution in [1.29, 1.82) is 0 Å². The summed E-state index contributed by atoms with van der Waals surface area (Å²) in [5.41, 5.74) is 2.02. The Morgan fingerprint density at radius 2 is 2.35 bits per heavy atom. The molecule has 1 aliphatic rings. The molecule has 1 nitrogen and oxygen atoms in total. The highest BCUT2D eigenvalue weighted by atomic mass is 32.1. The largest absolute Gasteiger partial charge is 0.311 e. The molecule has 0 radical (unpaired) electrons. The Kier molecular flexibility index (Phi) is 4.26. The summed E-state index contributed by atoms with van der Waals surface area (Å²) in [6.07, 6.45) is 6.64. The molecule has 2 unspecified atom stereocenters. The maximum atomic E-state index is 3.82. The molecule has 1 N–H and O–H groups in total. The molecule has 1 aromatic rings. The van der Waals surface area contributed by atoms with E-state index in [1.807, 2.05) is 0 Å². The summed E-state index contributed by atoms with van der Waals surface area (Å²) in [4.78, 5) is 0. The van der Waals surface area contributed by atoms with Crippen molar-refractivity contribution in [3.8, 4) is 0 Å². The SMILES string of the molecule is CC(Cc1ccsc1)NC1CCCC(C)(C)C1. The van der Waals surface area contributed by atoms with Gasteiger partial charge < -0.3 is 5.32 Å². The summed E-state index contributed by atoms with van der Waals surface area (Å²) in [5.74, 6) is 0. The zero-order chi connectivity index (χ0) is 12.3. The predicted octanol–water partition coefficient (Wildman–Crippen LogP) is 4.24. The van der Waals surface area contributed by atoms with Crippen molar-refractivity contribution in [2.75, 3.05) is 0 Å². The quantitative estimate of drug-likeness (QED) is 0.844. The van der Waals surface area contributed by atoms with Crippen molar-refractivity contribution in [3.63, 3.8) is 0 Å². The molecule has 0 aromatic carbocycles. The average molecular weight is 251 g/mol. The molecule has 2 heteroatoms. The van der Waals surface area contributed by atoms with E-state index in [9.17, 15) is 0 Å². The highest BCUT2D eigenvalue weighted by Crippen LogP contribution is 2.35. The molecule has 0 aliphatic heterocycles. The standard InChI is InChI=1S/C15H25NS/c1-12(9-13-6-8-17-11-13)16-14-5-4-7-15(2,3)10-14/h6,8,11-12,14,16H,4-5,7,9-10H2,1-3H3. The van der Waals surface area contributed by atoms with Gasteiger partial charge in [-0.25, -0.2) is 0 Å². The van der Waals surface area contributed by atoms with Gasteiger partial charge in [-0.1, -0.05) is 20.3 Å². The summed E-state index contributed by atoms with van der Waals surface area (Å²) in [6.45, 7) is 7.13. The van der Waals surface area contributed by atoms with Gasteiger partial charge in [0.05, 0.1) is 0 Å². The van der Waals surface area contributed by atoms with E-state index >= 15 is 0 Å². The topological polar surface area (TPSA) is 12.0 Å². The van der Waals surface area contributed by atoms with Gasteiger partial charge in [0.15, 0.2) is 0 Å². The van der Waals surface area contributed by atoms with Gasteiger partial charge in [-0.15, -0.1) is 0 Å². The molecule has 1 aliphatic carbocycles. The Balaban J connectivity index is 1.80. The molecule has 1 aromatic heterocycles. The third-order valence-corrected chi connectivity index (χ3v) is 4.58. The van der Waals surface area contributed by atoms with Gasteiger partial charge in [0.1, 0.15) is 0 Å². The smallest absolute Gasteiger partial charge is 0.00820 e. The second-order valence-corrected chi connectivity index (χ2v) is 7.14. The number of rotatable bonds is 4. The van der Waals surface area contributed by atoms with Crippen LogP contribution < -0.4 is 5.32 Å². The molecule has 0 amide bonds. The van der Waals surface area contributed by atoms with Crippen LogP contribution in [0.1, 0.15) is 52.0 Å². The molecular weight excluding hydrogens is 226 g/mol. The van der Waals surface area contributed by atoms with Crippen LogP contribution in [0.15, 0.2) is 16.8 Å². The van der Waals surface area contributed by atoms with E-state index in [1.54, 1.807) is 11.3 Å². The van der Waals surface area contributed by atoms with Crippen LogP contribution in [0.5, 0.6) is 0 Å². The van der Waals surface area contributed by atoms with Crippen molar-refractivity contribution in [2.24, 2.45) is 5.41 Å². The van der Waals surface area contributed by atoms with E-state index in [4.69, 9.17) is 0 Å². The zero-order valence-electron chi connectivity index (χ0n) is 11.3. The average Bonchev–Trinajstić information content (AvgIpc) is 2.68. The number of hydrogen-bond acceptors (Lipinski definition) is 2. The summed E-state index contributed by atoms with van der Waals surface area (Å²) < 4.78 is 0. The van der Waals surface area contributed by atoms with Gasteiger partial charge >= 0.3 is 0 Å². The van der Waals surface area contributed by atoms with Crippen LogP contribution in [0.4, 0.5) is 0 Å². The maximum Gasteiger partial charge on any atom is 0.00820 e. The van der Waals surface area contributed by atoms with Crippen LogP contribution in [0.2, 0.25) is 0 Å². The van der Waals surface area contributed by atoms with E-state index in [2.05, 4.69) is 42.9 Å². The summed E-state index contributed by atoms with van der Waals surface area (Å²) in [5, 5.41) is 8.26. The monoisotopic (exact) mass is 251 g/mol. The first-order chi connectivity index (χ1) is 8.05. The number of hydrogen-bond donors (Lipinski definition) is 1. The molecule has 1 heterocycles. The molecule has 0 saturated heterocycles. The molecule has 0 spiro atoms. The van der Waals surface area contributed by atoms with Crippen molar-refractivity contribution in [1.82, 2.24) is 5.32 Å². The molecule has 1 saturated carbocycles. The lowest BCUT2D eigenvalue weighted by molar-refractivity contribution is 0.190.